The first-order chi connectivity index (χ1) is 23.7. The van der Waals surface area contributed by atoms with Crippen molar-refractivity contribution in [3.63, 3.8) is 0 Å². The van der Waals surface area contributed by atoms with Crippen molar-refractivity contribution >= 4 is 41.2 Å². The van der Waals surface area contributed by atoms with Gasteiger partial charge in [-0.25, -0.2) is 9.59 Å². The zero-order valence-corrected chi connectivity index (χ0v) is 28.6. The van der Waals surface area contributed by atoms with Crippen molar-refractivity contribution in [3.8, 4) is 11.5 Å². The number of ether oxygens (including phenoxy) is 4. The van der Waals surface area contributed by atoms with E-state index in [1.54, 1.807) is 24.3 Å². The first kappa shape index (κ1) is 39.2. The van der Waals surface area contributed by atoms with Crippen molar-refractivity contribution in [1.82, 2.24) is 4.90 Å². The predicted molar refractivity (Wildman–Crippen MR) is 179 cm³/mol. The van der Waals surface area contributed by atoms with Crippen LogP contribution in [0.25, 0.3) is 0 Å². The van der Waals surface area contributed by atoms with E-state index in [0.717, 1.165) is 11.6 Å². The van der Waals surface area contributed by atoms with Gasteiger partial charge >= 0.3 is 17.9 Å². The molecule has 0 aromatic heterocycles. The molecule has 1 aliphatic heterocycles. The van der Waals surface area contributed by atoms with Crippen LogP contribution in [-0.4, -0.2) is 90.1 Å². The quantitative estimate of drug-likeness (QED) is 0.124. The number of amides is 2. The van der Waals surface area contributed by atoms with Gasteiger partial charge in [0.2, 0.25) is 5.78 Å². The van der Waals surface area contributed by atoms with Gasteiger partial charge in [0.1, 0.15) is 24.9 Å². The average Bonchev–Trinajstić information content (AvgIpc) is 3.11. The molecule has 50 heavy (non-hydrogen) atoms. The van der Waals surface area contributed by atoms with Gasteiger partial charge in [-0.05, 0) is 81.3 Å². The van der Waals surface area contributed by atoms with E-state index in [2.05, 4.69) is 11.9 Å². The smallest absolute Gasteiger partial charge is 0.330 e. The molecule has 1 aliphatic rings. The summed E-state index contributed by atoms with van der Waals surface area (Å²) in [6.07, 6.45) is -0.449. The summed E-state index contributed by atoms with van der Waals surface area (Å²) in [5.41, 5.74) is 0.166. The number of benzene rings is 2. The molecule has 2 amide bonds. The van der Waals surface area contributed by atoms with Gasteiger partial charge in [-0.15, -0.1) is 0 Å². The number of carboxylic acids is 1. The summed E-state index contributed by atoms with van der Waals surface area (Å²) >= 11 is 0. The molecule has 1 saturated heterocycles. The average molecular weight is 697 g/mol. The normalized spacial score (nSPS) is 15.5. The van der Waals surface area contributed by atoms with Crippen LogP contribution < -0.4 is 14.8 Å². The molecule has 0 spiro atoms. The lowest BCUT2D eigenvalue weighted by molar-refractivity contribution is -0.165. The summed E-state index contributed by atoms with van der Waals surface area (Å²) in [6, 6.07) is 10.7. The number of rotatable bonds is 17. The Morgan fingerprint density at radius 2 is 1.76 bits per heavy atom. The number of piperidine rings is 1. The number of nitrogens with one attached hydrogen (secondary N) is 1. The Bertz CT molecular complexity index is 1590. The highest BCUT2D eigenvalue weighted by molar-refractivity contribution is 6.38. The van der Waals surface area contributed by atoms with Crippen LogP contribution in [0.4, 0.5) is 5.69 Å². The Morgan fingerprint density at radius 1 is 1.04 bits per heavy atom. The summed E-state index contributed by atoms with van der Waals surface area (Å²) < 4.78 is 21.8. The van der Waals surface area contributed by atoms with E-state index in [1.165, 1.54) is 45.1 Å². The van der Waals surface area contributed by atoms with Crippen LogP contribution in [0, 0.1) is 5.41 Å². The van der Waals surface area contributed by atoms with E-state index >= 15 is 0 Å². The lowest BCUT2D eigenvalue weighted by Crippen LogP contribution is -2.53. The number of aliphatic hydroxyl groups is 1. The van der Waals surface area contributed by atoms with Crippen LogP contribution in [-0.2, 0) is 44.7 Å². The van der Waals surface area contributed by atoms with E-state index in [1.807, 2.05) is 6.07 Å². The third-order valence-electron chi connectivity index (χ3n) is 8.18. The van der Waals surface area contributed by atoms with Crippen molar-refractivity contribution < 1.29 is 57.9 Å². The molecule has 14 heteroatoms. The lowest BCUT2D eigenvalue weighted by atomic mass is 9.87. The summed E-state index contributed by atoms with van der Waals surface area (Å²) in [6.45, 7) is 6.05. The monoisotopic (exact) mass is 696 g/mol. The minimum Gasteiger partial charge on any atom is -0.493 e. The fourth-order valence-electron chi connectivity index (χ4n) is 5.36. The number of carboxylic acid groups (broad SMARTS) is 1. The molecule has 0 saturated carbocycles. The van der Waals surface area contributed by atoms with E-state index in [9.17, 15) is 33.9 Å². The number of hydrogen-bond donors (Lipinski definition) is 3. The number of aliphatic carboxylic acids is 1. The van der Waals surface area contributed by atoms with Gasteiger partial charge < -0.3 is 39.4 Å². The summed E-state index contributed by atoms with van der Waals surface area (Å²) in [4.78, 5) is 76.9. The third kappa shape index (κ3) is 10.6. The maximum atomic E-state index is 13.9. The van der Waals surface area contributed by atoms with Crippen LogP contribution in [0.15, 0.2) is 55.1 Å². The molecule has 3 atom stereocenters. The highest BCUT2D eigenvalue weighted by atomic mass is 16.5. The van der Waals surface area contributed by atoms with Gasteiger partial charge in [-0.2, -0.15) is 0 Å². The van der Waals surface area contributed by atoms with Gasteiger partial charge in [-0.1, -0.05) is 24.8 Å². The van der Waals surface area contributed by atoms with Crippen LogP contribution >= 0.6 is 0 Å². The molecule has 1 fully saturated rings. The number of esters is 2. The minimum atomic E-state index is -1.79. The highest BCUT2D eigenvalue weighted by Crippen LogP contribution is 2.32. The Balaban J connectivity index is 1.88. The first-order valence-corrected chi connectivity index (χ1v) is 16.1. The number of nitrogens with zero attached hydrogens (tertiary/aromatic N) is 1. The second kappa shape index (κ2) is 18.0. The van der Waals surface area contributed by atoms with Gasteiger partial charge in [0.25, 0.3) is 11.8 Å². The molecule has 270 valence electrons. The van der Waals surface area contributed by atoms with Crippen molar-refractivity contribution in [1.29, 1.82) is 0 Å². The highest BCUT2D eigenvalue weighted by Gasteiger charge is 2.42. The third-order valence-corrected chi connectivity index (χ3v) is 8.18. The van der Waals surface area contributed by atoms with Gasteiger partial charge in [-0.3, -0.25) is 19.2 Å². The largest absolute Gasteiger partial charge is 0.493 e. The molecule has 2 aromatic rings. The Kier molecular flexibility index (Phi) is 14.1. The fraction of sp³-hybridized carbons (Fsp3) is 0.444. The molecule has 0 aliphatic carbocycles. The molecule has 3 rings (SSSR count). The number of likely N-dealkylation sites (tertiary alicyclic amines) is 1. The number of methoxy groups -OCH3 is 2. The van der Waals surface area contributed by atoms with Crippen LogP contribution in [0.3, 0.4) is 0 Å². The summed E-state index contributed by atoms with van der Waals surface area (Å²) in [5.74, 6) is -4.42. The van der Waals surface area contributed by atoms with Gasteiger partial charge in [0.15, 0.2) is 11.5 Å². The molecule has 3 N–H and O–H groups in total. The molecule has 1 heterocycles. The topological polar surface area (TPSA) is 195 Å². The second-order valence-electron chi connectivity index (χ2n) is 12.4. The lowest BCUT2D eigenvalue weighted by Gasteiger charge is -2.36. The number of carbonyl (C=O) groups excluding carboxylic acids is 5. The summed E-state index contributed by atoms with van der Waals surface area (Å²) in [5, 5.41) is 21.4. The van der Waals surface area contributed by atoms with Crippen molar-refractivity contribution in [3.05, 3.63) is 66.2 Å². The van der Waals surface area contributed by atoms with E-state index in [-0.39, 0.29) is 31.7 Å². The van der Waals surface area contributed by atoms with E-state index < -0.39 is 65.6 Å². The predicted octanol–water partition coefficient (Wildman–Crippen LogP) is 3.40. The number of anilines is 1. The van der Waals surface area contributed by atoms with Gasteiger partial charge in [0.05, 0.1) is 26.1 Å². The van der Waals surface area contributed by atoms with Crippen molar-refractivity contribution in [2.24, 2.45) is 5.41 Å². The van der Waals surface area contributed by atoms with Crippen LogP contribution in [0.5, 0.6) is 11.5 Å². The summed E-state index contributed by atoms with van der Waals surface area (Å²) in [7, 11) is 3.03. The van der Waals surface area contributed by atoms with E-state index in [0.29, 0.717) is 36.3 Å². The molecule has 0 bridgehead atoms. The number of hydrogen-bond acceptors (Lipinski definition) is 11. The maximum Gasteiger partial charge on any atom is 0.330 e. The molecule has 0 unspecified atom stereocenters. The minimum absolute atomic E-state index is 0.142. The van der Waals surface area contributed by atoms with Crippen LogP contribution in [0.1, 0.15) is 63.2 Å². The fourth-order valence-corrected chi connectivity index (χ4v) is 5.36. The number of ketones is 1. The molecular formula is C36H44N2O12. The maximum absolute atomic E-state index is 13.9. The molecule has 14 nitrogen and oxygen atoms in total. The second-order valence-corrected chi connectivity index (χ2v) is 12.4. The number of carbonyl (C=O) groups is 6. The van der Waals surface area contributed by atoms with Gasteiger partial charge in [0, 0.05) is 18.3 Å². The van der Waals surface area contributed by atoms with Crippen molar-refractivity contribution in [2.75, 3.05) is 32.7 Å². The zero-order chi connectivity index (χ0) is 37.0. The standard InChI is InChI=1S/C36H44N2O12/c1-6-31(42)49-21-36(2,3)32(43)34(45)38-17-8-7-12-25(38)35(46)50-27(15-13-22-14-16-28(47-4)29(18-22)48-5)23-10-9-11-24(19-23)37-33(44)26(39)20-30(40)41/h6,9-11,14,16,18-19,25-27,39H,1,7-8,12-13,15,17,20-21H2,2-5H3,(H,37,44)(H,40,41)/t25-,26-,27+/m0/s1. The SMILES string of the molecule is C=CC(=O)OCC(C)(C)C(=O)C(=O)N1CCCC[C@H]1C(=O)O[C@H](CCc1ccc(OC)c(OC)c1)c1cccc(NC(=O)[C@@H](O)CC(=O)O)c1. The Hall–Kier alpha value is -5.24. The zero-order valence-electron chi connectivity index (χ0n) is 28.6. The number of aliphatic hydroxyl groups excluding tert-OH is 1. The van der Waals surface area contributed by atoms with Crippen LogP contribution in [0.2, 0.25) is 0 Å². The molecule has 2 aromatic carbocycles. The molecular weight excluding hydrogens is 652 g/mol. The number of aryl methyl sites for hydroxylation is 1. The van der Waals surface area contributed by atoms with Crippen molar-refractivity contribution in [2.45, 2.75) is 70.6 Å². The Morgan fingerprint density at radius 3 is 2.42 bits per heavy atom. The Labute approximate surface area is 290 Å². The molecule has 0 radical (unpaired) electrons. The number of Topliss-reactive ketones (excluding diaryl/α,β-unsaturated/α-hetero) is 1. The first-order valence-electron chi connectivity index (χ1n) is 16.1. The van der Waals surface area contributed by atoms with E-state index in [4.69, 9.17) is 24.1 Å².